The second kappa shape index (κ2) is 8.01. The number of fused-ring (bicyclic) bond motifs is 1. The molecule has 136 valence electrons. The van der Waals surface area contributed by atoms with Crippen LogP contribution in [0.15, 0.2) is 73.2 Å². The van der Waals surface area contributed by atoms with E-state index in [-0.39, 0.29) is 5.82 Å². The number of H-pyrrole nitrogens is 1. The van der Waals surface area contributed by atoms with Gasteiger partial charge in [0, 0.05) is 48.1 Å². The van der Waals surface area contributed by atoms with Gasteiger partial charge in [-0.1, -0.05) is 18.2 Å². The number of nitrogens with zero attached hydrogens (tertiary/aromatic N) is 1. The second-order valence-electron chi connectivity index (χ2n) is 6.31. The summed E-state index contributed by atoms with van der Waals surface area (Å²) in [5, 5.41) is 4.44. The lowest BCUT2D eigenvalue weighted by atomic mass is 10.1. The Balaban J connectivity index is 1.31. The van der Waals surface area contributed by atoms with Gasteiger partial charge in [0.05, 0.1) is 0 Å². The number of pyridine rings is 1. The lowest BCUT2D eigenvalue weighted by Crippen LogP contribution is -2.20. The van der Waals surface area contributed by atoms with E-state index in [9.17, 15) is 4.39 Å². The first kappa shape index (κ1) is 17.2. The molecule has 0 fully saturated rings. The van der Waals surface area contributed by atoms with Crippen molar-refractivity contribution in [1.82, 2.24) is 15.3 Å². The SMILES string of the molecule is Fc1cccc(-c2cncc(CNCCOc3cccc4[nH]ccc34)c2)c1. The summed E-state index contributed by atoms with van der Waals surface area (Å²) in [6.45, 7) is 1.96. The maximum atomic E-state index is 13.4. The molecule has 0 aliphatic heterocycles. The fourth-order valence-electron chi connectivity index (χ4n) is 3.06. The van der Waals surface area contributed by atoms with Crippen molar-refractivity contribution in [2.75, 3.05) is 13.2 Å². The van der Waals surface area contributed by atoms with Crippen LogP contribution in [0, 0.1) is 5.82 Å². The van der Waals surface area contributed by atoms with Crippen molar-refractivity contribution in [2.24, 2.45) is 0 Å². The number of nitrogens with one attached hydrogen (secondary N) is 2. The Kier molecular flexibility index (Phi) is 5.12. The number of halogens is 1. The Hall–Kier alpha value is -3.18. The molecule has 0 bridgehead atoms. The lowest BCUT2D eigenvalue weighted by Gasteiger charge is -2.09. The minimum atomic E-state index is -0.245. The third-order valence-corrected chi connectivity index (χ3v) is 4.37. The standard InChI is InChI=1S/C22H20FN3O/c23-19-4-1-3-17(12-19)18-11-16(14-25-15-18)13-24-9-10-27-22-6-2-5-21-20(22)7-8-26-21/h1-8,11-12,14-15,24,26H,9-10,13H2. The van der Waals surface area contributed by atoms with Crippen LogP contribution in [0.3, 0.4) is 0 Å². The van der Waals surface area contributed by atoms with Crippen LogP contribution in [-0.4, -0.2) is 23.1 Å². The third kappa shape index (κ3) is 4.15. The molecular weight excluding hydrogens is 341 g/mol. The predicted octanol–water partition coefficient (Wildman–Crippen LogP) is 4.54. The summed E-state index contributed by atoms with van der Waals surface area (Å²) >= 11 is 0. The molecule has 2 aromatic carbocycles. The van der Waals surface area contributed by atoms with Gasteiger partial charge in [-0.3, -0.25) is 4.98 Å². The van der Waals surface area contributed by atoms with E-state index in [1.807, 2.05) is 48.8 Å². The Bertz CT molecular complexity index is 1040. The van der Waals surface area contributed by atoms with Crippen molar-refractivity contribution in [3.8, 4) is 16.9 Å². The fraction of sp³-hybridized carbons (Fsp3) is 0.136. The number of hydrogen-bond donors (Lipinski definition) is 2. The molecule has 0 spiro atoms. The molecule has 0 unspecified atom stereocenters. The zero-order valence-corrected chi connectivity index (χ0v) is 14.8. The van der Waals surface area contributed by atoms with Gasteiger partial charge in [0.2, 0.25) is 0 Å². The van der Waals surface area contributed by atoms with Gasteiger partial charge < -0.3 is 15.0 Å². The highest BCUT2D eigenvalue weighted by Gasteiger charge is 2.03. The highest BCUT2D eigenvalue weighted by molar-refractivity contribution is 5.85. The summed E-state index contributed by atoms with van der Waals surface area (Å²) < 4.78 is 19.3. The van der Waals surface area contributed by atoms with Crippen molar-refractivity contribution in [3.63, 3.8) is 0 Å². The fourth-order valence-corrected chi connectivity index (χ4v) is 3.06. The molecule has 4 rings (SSSR count). The zero-order chi connectivity index (χ0) is 18.5. The summed E-state index contributed by atoms with van der Waals surface area (Å²) in [5.74, 6) is 0.635. The van der Waals surface area contributed by atoms with E-state index in [1.54, 1.807) is 12.3 Å². The molecule has 0 amide bonds. The molecule has 0 aliphatic rings. The van der Waals surface area contributed by atoms with Crippen molar-refractivity contribution in [3.05, 3.63) is 84.6 Å². The first-order valence-electron chi connectivity index (χ1n) is 8.89. The van der Waals surface area contributed by atoms with E-state index in [4.69, 9.17) is 4.74 Å². The summed E-state index contributed by atoms with van der Waals surface area (Å²) in [6, 6.07) is 16.6. The summed E-state index contributed by atoms with van der Waals surface area (Å²) in [7, 11) is 0. The molecule has 4 aromatic rings. The van der Waals surface area contributed by atoms with Gasteiger partial charge in [0.15, 0.2) is 0 Å². The molecule has 27 heavy (non-hydrogen) atoms. The average Bonchev–Trinajstić information content (AvgIpc) is 3.18. The van der Waals surface area contributed by atoms with Gasteiger partial charge in [0.1, 0.15) is 18.2 Å². The molecule has 0 aliphatic carbocycles. The Morgan fingerprint density at radius 1 is 1.00 bits per heavy atom. The van der Waals surface area contributed by atoms with E-state index >= 15 is 0 Å². The van der Waals surface area contributed by atoms with Crippen LogP contribution in [0.2, 0.25) is 0 Å². The van der Waals surface area contributed by atoms with Crippen molar-refractivity contribution in [2.45, 2.75) is 6.54 Å². The minimum Gasteiger partial charge on any atom is -0.492 e. The van der Waals surface area contributed by atoms with Crippen LogP contribution in [-0.2, 0) is 6.54 Å². The van der Waals surface area contributed by atoms with E-state index < -0.39 is 0 Å². The number of aromatic amines is 1. The van der Waals surface area contributed by atoms with Gasteiger partial charge in [-0.25, -0.2) is 4.39 Å². The second-order valence-corrected chi connectivity index (χ2v) is 6.31. The molecule has 0 saturated carbocycles. The normalized spacial score (nSPS) is 11.0. The smallest absolute Gasteiger partial charge is 0.128 e. The average molecular weight is 361 g/mol. The highest BCUT2D eigenvalue weighted by atomic mass is 19.1. The highest BCUT2D eigenvalue weighted by Crippen LogP contribution is 2.24. The van der Waals surface area contributed by atoms with Crippen LogP contribution in [0.1, 0.15) is 5.56 Å². The van der Waals surface area contributed by atoms with Crippen LogP contribution in [0.25, 0.3) is 22.0 Å². The van der Waals surface area contributed by atoms with Gasteiger partial charge >= 0.3 is 0 Å². The van der Waals surface area contributed by atoms with Crippen molar-refractivity contribution < 1.29 is 9.13 Å². The molecule has 2 heterocycles. The van der Waals surface area contributed by atoms with E-state index in [0.29, 0.717) is 19.7 Å². The number of rotatable bonds is 7. The van der Waals surface area contributed by atoms with E-state index in [1.165, 1.54) is 12.1 Å². The van der Waals surface area contributed by atoms with E-state index in [0.717, 1.165) is 33.3 Å². The van der Waals surface area contributed by atoms with Gasteiger partial charge in [0.25, 0.3) is 0 Å². The molecule has 5 heteroatoms. The Labute approximate surface area is 157 Å². The topological polar surface area (TPSA) is 49.9 Å². The molecular formula is C22H20FN3O. The lowest BCUT2D eigenvalue weighted by molar-refractivity contribution is 0.317. The van der Waals surface area contributed by atoms with Gasteiger partial charge in [-0.15, -0.1) is 0 Å². The molecule has 2 N–H and O–H groups in total. The Morgan fingerprint density at radius 3 is 2.85 bits per heavy atom. The molecule has 2 aromatic heterocycles. The third-order valence-electron chi connectivity index (χ3n) is 4.37. The van der Waals surface area contributed by atoms with Gasteiger partial charge in [-0.05, 0) is 47.5 Å². The first-order chi connectivity index (χ1) is 13.3. The van der Waals surface area contributed by atoms with E-state index in [2.05, 4.69) is 15.3 Å². The number of ether oxygens (including phenoxy) is 1. The minimum absolute atomic E-state index is 0.245. The number of benzene rings is 2. The largest absolute Gasteiger partial charge is 0.492 e. The van der Waals surface area contributed by atoms with Crippen LogP contribution < -0.4 is 10.1 Å². The number of hydrogen-bond acceptors (Lipinski definition) is 3. The molecule has 0 saturated heterocycles. The van der Waals surface area contributed by atoms with Crippen LogP contribution in [0.5, 0.6) is 5.75 Å². The summed E-state index contributed by atoms with van der Waals surface area (Å²) in [5.41, 5.74) is 3.85. The quantitative estimate of drug-likeness (QED) is 0.475. The van der Waals surface area contributed by atoms with Crippen LogP contribution in [0.4, 0.5) is 4.39 Å². The van der Waals surface area contributed by atoms with Crippen molar-refractivity contribution >= 4 is 10.9 Å². The molecule has 4 nitrogen and oxygen atoms in total. The van der Waals surface area contributed by atoms with Crippen LogP contribution >= 0.6 is 0 Å². The number of aromatic nitrogens is 2. The first-order valence-corrected chi connectivity index (χ1v) is 8.89. The summed E-state index contributed by atoms with van der Waals surface area (Å²) in [6.07, 6.45) is 5.48. The monoisotopic (exact) mass is 361 g/mol. The maximum Gasteiger partial charge on any atom is 0.128 e. The summed E-state index contributed by atoms with van der Waals surface area (Å²) in [4.78, 5) is 7.45. The maximum absolute atomic E-state index is 13.4. The Morgan fingerprint density at radius 2 is 1.93 bits per heavy atom. The van der Waals surface area contributed by atoms with Gasteiger partial charge in [-0.2, -0.15) is 0 Å². The molecule has 0 radical (unpaired) electrons. The van der Waals surface area contributed by atoms with Crippen molar-refractivity contribution in [1.29, 1.82) is 0 Å². The molecule has 0 atom stereocenters. The predicted molar refractivity (Wildman–Crippen MR) is 105 cm³/mol. The zero-order valence-electron chi connectivity index (χ0n) is 14.8.